The lowest BCUT2D eigenvalue weighted by molar-refractivity contribution is 0.414. The van der Waals surface area contributed by atoms with E-state index in [4.69, 9.17) is 4.74 Å². The van der Waals surface area contributed by atoms with E-state index in [9.17, 15) is 0 Å². The Bertz CT molecular complexity index is 521. The van der Waals surface area contributed by atoms with Crippen LogP contribution in [0.2, 0.25) is 0 Å². The van der Waals surface area contributed by atoms with E-state index in [0.29, 0.717) is 6.54 Å². The van der Waals surface area contributed by atoms with Crippen LogP contribution in [0.3, 0.4) is 0 Å². The molecule has 0 aliphatic heterocycles. The summed E-state index contributed by atoms with van der Waals surface area (Å²) in [4.78, 5) is 4.23. The van der Waals surface area contributed by atoms with Crippen molar-refractivity contribution in [1.82, 2.24) is 14.8 Å². The number of nitrogens with zero attached hydrogens (tertiary/aromatic N) is 3. The number of hydrogen-bond donors (Lipinski definition) is 1. The van der Waals surface area contributed by atoms with Crippen molar-refractivity contribution in [2.24, 2.45) is 0 Å². The molecule has 1 aromatic heterocycles. The van der Waals surface area contributed by atoms with E-state index in [0.717, 1.165) is 29.4 Å². The number of rotatable bonds is 5. The van der Waals surface area contributed by atoms with Gasteiger partial charge in [-0.25, -0.2) is 9.67 Å². The Balaban J connectivity index is 2.06. The molecule has 2 aromatic rings. The second-order valence-electron chi connectivity index (χ2n) is 4.03. The van der Waals surface area contributed by atoms with Gasteiger partial charge in [-0.15, -0.1) is 0 Å². The summed E-state index contributed by atoms with van der Waals surface area (Å²) in [6.45, 7) is 5.60. The normalized spacial score (nSPS) is 10.4. The van der Waals surface area contributed by atoms with Crippen LogP contribution in [0.15, 0.2) is 24.5 Å². The molecule has 0 saturated carbocycles. The number of anilines is 1. The maximum atomic E-state index is 5.18. The number of nitrogens with one attached hydrogen (secondary N) is 1. The fraction of sp³-hybridized carbons (Fsp3) is 0.385. The standard InChI is InChI=1S/C13H18N4O/c1-4-17-13(15-9-16-17)8-14-12-6-5-11(18-3)7-10(12)2/h5-7,9,14H,4,8H2,1-3H3. The summed E-state index contributed by atoms with van der Waals surface area (Å²) in [6.07, 6.45) is 1.58. The molecule has 0 bridgehead atoms. The molecule has 0 radical (unpaired) electrons. The van der Waals surface area contributed by atoms with Gasteiger partial charge in [0.1, 0.15) is 17.9 Å². The zero-order chi connectivity index (χ0) is 13.0. The van der Waals surface area contributed by atoms with Crippen LogP contribution in [-0.4, -0.2) is 21.9 Å². The van der Waals surface area contributed by atoms with Crippen molar-refractivity contribution in [3.05, 3.63) is 35.9 Å². The maximum absolute atomic E-state index is 5.18. The number of ether oxygens (including phenoxy) is 1. The first kappa shape index (κ1) is 12.4. The van der Waals surface area contributed by atoms with Gasteiger partial charge in [0.05, 0.1) is 13.7 Å². The third kappa shape index (κ3) is 2.61. The topological polar surface area (TPSA) is 52.0 Å². The lowest BCUT2D eigenvalue weighted by Crippen LogP contribution is -2.09. The van der Waals surface area contributed by atoms with Gasteiger partial charge in [-0.1, -0.05) is 0 Å². The summed E-state index contributed by atoms with van der Waals surface area (Å²) in [7, 11) is 1.67. The van der Waals surface area contributed by atoms with Crippen molar-refractivity contribution < 1.29 is 4.74 Å². The Morgan fingerprint density at radius 2 is 2.22 bits per heavy atom. The van der Waals surface area contributed by atoms with Gasteiger partial charge in [-0.2, -0.15) is 5.10 Å². The highest BCUT2D eigenvalue weighted by Crippen LogP contribution is 2.21. The van der Waals surface area contributed by atoms with Gasteiger partial charge < -0.3 is 10.1 Å². The second-order valence-corrected chi connectivity index (χ2v) is 4.03. The van der Waals surface area contributed by atoms with E-state index >= 15 is 0 Å². The molecule has 0 aliphatic rings. The summed E-state index contributed by atoms with van der Waals surface area (Å²) in [5, 5.41) is 7.50. The molecule has 1 aromatic carbocycles. The van der Waals surface area contributed by atoms with Crippen molar-refractivity contribution in [3.8, 4) is 5.75 Å². The smallest absolute Gasteiger partial charge is 0.146 e. The first-order valence-corrected chi connectivity index (χ1v) is 5.99. The van der Waals surface area contributed by atoms with Gasteiger partial charge in [0.2, 0.25) is 0 Å². The van der Waals surface area contributed by atoms with E-state index in [1.165, 1.54) is 0 Å². The van der Waals surface area contributed by atoms with Crippen molar-refractivity contribution in [1.29, 1.82) is 0 Å². The minimum Gasteiger partial charge on any atom is -0.497 e. The highest BCUT2D eigenvalue weighted by molar-refractivity contribution is 5.53. The fourth-order valence-corrected chi connectivity index (χ4v) is 1.82. The summed E-state index contributed by atoms with van der Waals surface area (Å²) in [6, 6.07) is 5.97. The first-order valence-electron chi connectivity index (χ1n) is 5.99. The van der Waals surface area contributed by atoms with Crippen LogP contribution in [0, 0.1) is 6.92 Å². The Kier molecular flexibility index (Phi) is 3.82. The average molecular weight is 246 g/mol. The van der Waals surface area contributed by atoms with Crippen LogP contribution in [0.25, 0.3) is 0 Å². The molecule has 1 N–H and O–H groups in total. The number of methoxy groups -OCH3 is 1. The molecule has 5 heteroatoms. The van der Waals surface area contributed by atoms with Crippen molar-refractivity contribution in [3.63, 3.8) is 0 Å². The van der Waals surface area contributed by atoms with Crippen LogP contribution in [0.4, 0.5) is 5.69 Å². The van der Waals surface area contributed by atoms with Gasteiger partial charge in [-0.3, -0.25) is 0 Å². The molecule has 0 atom stereocenters. The lowest BCUT2D eigenvalue weighted by atomic mass is 10.2. The Morgan fingerprint density at radius 1 is 1.39 bits per heavy atom. The third-order valence-corrected chi connectivity index (χ3v) is 2.87. The first-order chi connectivity index (χ1) is 8.74. The van der Waals surface area contributed by atoms with E-state index in [1.807, 2.05) is 22.9 Å². The average Bonchev–Trinajstić information content (AvgIpc) is 2.84. The van der Waals surface area contributed by atoms with Crippen molar-refractivity contribution in [2.45, 2.75) is 26.9 Å². The monoisotopic (exact) mass is 246 g/mol. The van der Waals surface area contributed by atoms with Crippen LogP contribution < -0.4 is 10.1 Å². The van der Waals surface area contributed by atoms with Gasteiger partial charge in [0.15, 0.2) is 0 Å². The van der Waals surface area contributed by atoms with Crippen LogP contribution in [0.1, 0.15) is 18.3 Å². The minimum atomic E-state index is 0.668. The molecule has 0 amide bonds. The molecule has 0 unspecified atom stereocenters. The fourth-order valence-electron chi connectivity index (χ4n) is 1.82. The zero-order valence-corrected chi connectivity index (χ0v) is 11.0. The molecular weight excluding hydrogens is 228 g/mol. The van der Waals surface area contributed by atoms with Crippen LogP contribution >= 0.6 is 0 Å². The predicted octanol–water partition coefficient (Wildman–Crippen LogP) is 2.23. The maximum Gasteiger partial charge on any atom is 0.146 e. The largest absolute Gasteiger partial charge is 0.497 e. The van der Waals surface area contributed by atoms with Crippen molar-refractivity contribution >= 4 is 5.69 Å². The number of aromatic nitrogens is 3. The molecular formula is C13H18N4O. The van der Waals surface area contributed by atoms with Gasteiger partial charge in [0.25, 0.3) is 0 Å². The van der Waals surface area contributed by atoms with Crippen LogP contribution in [0.5, 0.6) is 5.75 Å². The van der Waals surface area contributed by atoms with E-state index in [1.54, 1.807) is 13.4 Å². The third-order valence-electron chi connectivity index (χ3n) is 2.87. The second kappa shape index (κ2) is 5.53. The molecule has 18 heavy (non-hydrogen) atoms. The molecule has 0 fully saturated rings. The van der Waals surface area contributed by atoms with Gasteiger partial charge in [0, 0.05) is 12.2 Å². The van der Waals surface area contributed by atoms with Gasteiger partial charge >= 0.3 is 0 Å². The molecule has 96 valence electrons. The van der Waals surface area contributed by atoms with E-state index in [-0.39, 0.29) is 0 Å². The minimum absolute atomic E-state index is 0.668. The van der Waals surface area contributed by atoms with E-state index in [2.05, 4.69) is 29.2 Å². The Labute approximate surface area is 107 Å². The van der Waals surface area contributed by atoms with Gasteiger partial charge in [-0.05, 0) is 37.6 Å². The summed E-state index contributed by atoms with van der Waals surface area (Å²) in [5.41, 5.74) is 2.23. The SMILES string of the molecule is CCn1ncnc1CNc1ccc(OC)cc1C. The number of benzene rings is 1. The molecule has 0 saturated heterocycles. The summed E-state index contributed by atoms with van der Waals surface area (Å²) >= 11 is 0. The van der Waals surface area contributed by atoms with E-state index < -0.39 is 0 Å². The number of aryl methyl sites for hydroxylation is 2. The molecule has 2 rings (SSSR count). The Morgan fingerprint density at radius 3 is 2.89 bits per heavy atom. The summed E-state index contributed by atoms with van der Waals surface area (Å²) in [5.74, 6) is 1.81. The Hall–Kier alpha value is -2.04. The zero-order valence-electron chi connectivity index (χ0n) is 11.0. The quantitative estimate of drug-likeness (QED) is 0.879. The number of hydrogen-bond acceptors (Lipinski definition) is 4. The lowest BCUT2D eigenvalue weighted by Gasteiger charge is -2.10. The molecule has 5 nitrogen and oxygen atoms in total. The highest BCUT2D eigenvalue weighted by Gasteiger charge is 2.04. The molecule has 0 spiro atoms. The summed E-state index contributed by atoms with van der Waals surface area (Å²) < 4.78 is 7.06. The highest BCUT2D eigenvalue weighted by atomic mass is 16.5. The van der Waals surface area contributed by atoms with Crippen LogP contribution in [-0.2, 0) is 13.1 Å². The molecule has 1 heterocycles. The molecule has 0 aliphatic carbocycles. The predicted molar refractivity (Wildman–Crippen MR) is 70.8 cm³/mol. The van der Waals surface area contributed by atoms with Crippen molar-refractivity contribution in [2.75, 3.05) is 12.4 Å².